The van der Waals surface area contributed by atoms with Gasteiger partial charge in [-0.3, -0.25) is 20.2 Å². The van der Waals surface area contributed by atoms with Crippen LogP contribution in [0.15, 0.2) is 12.1 Å². The molecule has 0 aromatic heterocycles. The van der Waals surface area contributed by atoms with Crippen molar-refractivity contribution in [3.05, 3.63) is 55.8 Å². The molecule has 1 rings (SSSR count). The van der Waals surface area contributed by atoms with Crippen molar-refractivity contribution in [3.63, 3.8) is 0 Å². The first-order valence-corrected chi connectivity index (χ1v) is 4.49. The number of benzene rings is 1. The maximum Gasteiger partial charge on any atom is 0.282 e. The average Bonchev–Trinajstić information content (AvgIpc) is 2.26. The van der Waals surface area contributed by atoms with Crippen LogP contribution in [-0.4, -0.2) is 9.85 Å². The van der Waals surface area contributed by atoms with E-state index in [9.17, 15) is 20.2 Å². The Kier molecular flexibility index (Phi) is 3.88. The summed E-state index contributed by atoms with van der Waals surface area (Å²) in [6, 6.07) is 1.73. The minimum Gasteiger partial charge on any atom is -0.306 e. The molecule has 0 aliphatic heterocycles. The number of rotatable bonds is 4. The molecule has 0 unspecified atom stereocenters. The van der Waals surface area contributed by atoms with Gasteiger partial charge in [-0.25, -0.2) is 0 Å². The third kappa shape index (κ3) is 2.57. The maximum absolute atomic E-state index is 10.8. The van der Waals surface area contributed by atoms with E-state index in [1.165, 1.54) is 0 Å². The summed E-state index contributed by atoms with van der Waals surface area (Å²) < 4.78 is 0. The van der Waals surface area contributed by atoms with Crippen molar-refractivity contribution < 1.29 is 9.85 Å². The molecule has 8 N–H and O–H groups in total. The summed E-state index contributed by atoms with van der Waals surface area (Å²) >= 11 is 0. The van der Waals surface area contributed by atoms with Crippen LogP contribution in [-0.2, 0) is 0 Å². The second-order valence-corrected chi connectivity index (χ2v) is 3.31. The summed E-state index contributed by atoms with van der Waals surface area (Å²) in [5.41, 5.74) is 19.6. The molecule has 18 heavy (non-hydrogen) atoms. The van der Waals surface area contributed by atoms with E-state index < -0.39 is 21.2 Å². The van der Waals surface area contributed by atoms with E-state index in [-0.39, 0.29) is 23.5 Å². The fourth-order valence-corrected chi connectivity index (χ4v) is 1.34. The Hall–Kier alpha value is -2.14. The molecule has 1 aromatic carbocycles. The number of nitrogens with two attached hydrogens (primary N) is 4. The largest absolute Gasteiger partial charge is 0.306 e. The van der Waals surface area contributed by atoms with Crippen LogP contribution in [0.3, 0.4) is 0 Å². The van der Waals surface area contributed by atoms with Gasteiger partial charge in [-0.15, -0.1) is 0 Å². The van der Waals surface area contributed by atoms with Crippen LogP contribution in [0.1, 0.15) is 11.1 Å². The number of hydrogen-bond acceptors (Lipinski definition) is 8. The third-order valence-electron chi connectivity index (χ3n) is 2.13. The molecular formula is C8H10N6O4. The summed E-state index contributed by atoms with van der Waals surface area (Å²) in [5.74, 6) is 0. The first-order chi connectivity index (χ1) is 8.25. The fourth-order valence-electron chi connectivity index (χ4n) is 1.34. The highest BCUT2D eigenvalue weighted by atomic mass is 16.6. The molecule has 1 aromatic rings. The Labute approximate surface area is 101 Å². The van der Waals surface area contributed by atoms with Crippen molar-refractivity contribution in [2.45, 2.75) is 0 Å². The van der Waals surface area contributed by atoms with Crippen LogP contribution in [0.5, 0.6) is 0 Å². The van der Waals surface area contributed by atoms with Gasteiger partial charge in [0.15, 0.2) is 0 Å². The number of nitrogens with zero attached hydrogens (tertiary/aromatic N) is 2. The van der Waals surface area contributed by atoms with Gasteiger partial charge in [-0.1, -0.05) is 0 Å². The van der Waals surface area contributed by atoms with E-state index in [1.807, 2.05) is 0 Å². The molecule has 0 aliphatic carbocycles. The van der Waals surface area contributed by atoms with Crippen molar-refractivity contribution in [1.82, 2.24) is 0 Å². The molecule has 0 bridgehead atoms. The van der Waals surface area contributed by atoms with Gasteiger partial charge in [0.25, 0.3) is 11.4 Å². The minimum atomic E-state index is -0.835. The van der Waals surface area contributed by atoms with E-state index in [0.29, 0.717) is 6.07 Å². The fraction of sp³-hybridized carbons (Fsp3) is 0. The Balaban J connectivity index is 3.60. The average molecular weight is 254 g/mol. The number of nitro groups is 2. The zero-order chi connectivity index (χ0) is 14.0. The first-order valence-electron chi connectivity index (χ1n) is 4.49. The zero-order valence-corrected chi connectivity index (χ0v) is 8.99. The standard InChI is InChI=1S/C8H10N6O4/c9-7(10)3-1-4(8(11)12)6(14(17)18)2-5(3)13(15)16/h1-2H,9-12H2. The van der Waals surface area contributed by atoms with E-state index in [4.69, 9.17) is 22.9 Å². The van der Waals surface area contributed by atoms with Gasteiger partial charge in [0.2, 0.25) is 0 Å². The van der Waals surface area contributed by atoms with E-state index >= 15 is 0 Å². The van der Waals surface area contributed by atoms with E-state index in [2.05, 4.69) is 0 Å². The van der Waals surface area contributed by atoms with Crippen LogP contribution >= 0.6 is 0 Å². The van der Waals surface area contributed by atoms with E-state index in [1.54, 1.807) is 0 Å². The summed E-state index contributed by atoms with van der Waals surface area (Å²) in [4.78, 5) is 19.9. The lowest BCUT2D eigenvalue weighted by atomic mass is 10.0. The molecule has 2 radical (unpaired) electrons. The highest BCUT2D eigenvalue weighted by Crippen LogP contribution is 2.31. The molecule has 0 fully saturated rings. The molecule has 10 heteroatoms. The highest BCUT2D eigenvalue weighted by Gasteiger charge is 2.28. The molecular weight excluding hydrogens is 244 g/mol. The lowest BCUT2D eigenvalue weighted by molar-refractivity contribution is -0.394. The molecule has 0 heterocycles. The Morgan fingerprint density at radius 1 is 0.833 bits per heavy atom. The second kappa shape index (κ2) is 5.01. The first kappa shape index (κ1) is 13.9. The molecule has 0 saturated heterocycles. The maximum atomic E-state index is 10.8. The number of nitro benzene ring substituents is 2. The van der Waals surface area contributed by atoms with Crippen LogP contribution in [0.25, 0.3) is 0 Å². The van der Waals surface area contributed by atoms with Crippen LogP contribution in [0.4, 0.5) is 11.4 Å². The summed E-state index contributed by atoms with van der Waals surface area (Å²) in [6.07, 6.45) is -0.724. The van der Waals surface area contributed by atoms with Crippen molar-refractivity contribution in [1.29, 1.82) is 0 Å². The lowest BCUT2D eigenvalue weighted by Crippen LogP contribution is -2.26. The van der Waals surface area contributed by atoms with Crippen LogP contribution in [0.2, 0.25) is 0 Å². The van der Waals surface area contributed by atoms with Gasteiger partial charge in [0, 0.05) is 0 Å². The van der Waals surface area contributed by atoms with Crippen molar-refractivity contribution >= 4 is 11.4 Å². The zero-order valence-electron chi connectivity index (χ0n) is 8.99. The third-order valence-corrected chi connectivity index (χ3v) is 2.13. The van der Waals surface area contributed by atoms with Gasteiger partial charge in [0.1, 0.15) is 12.3 Å². The highest BCUT2D eigenvalue weighted by molar-refractivity contribution is 5.60. The Bertz CT molecular complexity index is 459. The molecule has 0 amide bonds. The van der Waals surface area contributed by atoms with Gasteiger partial charge in [0.05, 0.1) is 27.0 Å². The molecule has 96 valence electrons. The van der Waals surface area contributed by atoms with Gasteiger partial charge in [-0.2, -0.15) is 0 Å². The normalized spacial score (nSPS) is 11.0. The smallest absolute Gasteiger partial charge is 0.282 e. The van der Waals surface area contributed by atoms with Crippen LogP contribution < -0.4 is 22.9 Å². The van der Waals surface area contributed by atoms with E-state index in [0.717, 1.165) is 6.07 Å². The van der Waals surface area contributed by atoms with Crippen molar-refractivity contribution in [3.8, 4) is 0 Å². The van der Waals surface area contributed by atoms with Crippen molar-refractivity contribution in [2.24, 2.45) is 22.9 Å². The SMILES string of the molecule is N[C](N)c1cc([C](N)N)c([N+](=O)[O-])cc1[N+](=O)[O-]. The predicted molar refractivity (Wildman–Crippen MR) is 61.2 cm³/mol. The summed E-state index contributed by atoms with van der Waals surface area (Å²) in [5, 5.41) is 21.5. The van der Waals surface area contributed by atoms with Gasteiger partial charge < -0.3 is 22.9 Å². The van der Waals surface area contributed by atoms with Gasteiger partial charge >= 0.3 is 0 Å². The molecule has 10 nitrogen and oxygen atoms in total. The molecule has 0 atom stereocenters. The second-order valence-electron chi connectivity index (χ2n) is 3.31. The Morgan fingerprint density at radius 2 is 1.17 bits per heavy atom. The predicted octanol–water partition coefficient (Wildman–Crippen LogP) is -0.987. The quantitative estimate of drug-likeness (QED) is 0.388. The molecule has 0 saturated carbocycles. The number of hydrogen-bond donors (Lipinski definition) is 4. The lowest BCUT2D eigenvalue weighted by Gasteiger charge is -2.10. The summed E-state index contributed by atoms with van der Waals surface area (Å²) in [7, 11) is 0. The molecule has 0 aliphatic rings. The summed E-state index contributed by atoms with van der Waals surface area (Å²) in [6.45, 7) is 0. The van der Waals surface area contributed by atoms with Gasteiger partial charge in [-0.05, 0) is 6.07 Å². The van der Waals surface area contributed by atoms with Crippen LogP contribution in [0, 0.1) is 32.6 Å². The Morgan fingerprint density at radius 3 is 1.39 bits per heavy atom. The molecule has 0 spiro atoms. The monoisotopic (exact) mass is 254 g/mol. The minimum absolute atomic E-state index is 0.172. The van der Waals surface area contributed by atoms with Crippen molar-refractivity contribution in [2.75, 3.05) is 0 Å². The topological polar surface area (TPSA) is 190 Å².